The summed E-state index contributed by atoms with van der Waals surface area (Å²) in [6.07, 6.45) is -0.509. The molecule has 0 atom stereocenters. The zero-order chi connectivity index (χ0) is 19.4. The molecule has 0 bridgehead atoms. The van der Waals surface area contributed by atoms with Crippen LogP contribution in [0.2, 0.25) is 0 Å². The molecule has 0 unspecified atom stereocenters. The van der Waals surface area contributed by atoms with Crippen molar-refractivity contribution in [3.63, 3.8) is 0 Å². The number of carbonyl (C=O) groups excluding carboxylic acids is 1. The third-order valence-electron chi connectivity index (χ3n) is 3.23. The number of hydrogen-bond acceptors (Lipinski definition) is 5. The van der Waals surface area contributed by atoms with Gasteiger partial charge in [-0.1, -0.05) is 12.1 Å². The number of anilines is 2. The lowest BCUT2D eigenvalue weighted by Gasteiger charge is -2.19. The van der Waals surface area contributed by atoms with Crippen LogP contribution in [-0.4, -0.2) is 20.1 Å². The van der Waals surface area contributed by atoms with Crippen LogP contribution in [0.25, 0.3) is 0 Å². The van der Waals surface area contributed by atoms with Crippen LogP contribution in [0.15, 0.2) is 53.4 Å². The molecule has 2 rings (SSSR count). The molecular formula is C18H23N3O4S. The SMILES string of the molecule is CC(C)(C)OC(=O)NCc1ccc(NS(=O)(=O)c2ccc(N)cc2)cc1. The Hall–Kier alpha value is -2.74. The fraction of sp³-hybridized carbons (Fsp3) is 0.278. The van der Waals surface area contributed by atoms with Gasteiger partial charge in [-0.3, -0.25) is 4.72 Å². The number of nitrogen functional groups attached to an aromatic ring is 1. The summed E-state index contributed by atoms with van der Waals surface area (Å²) >= 11 is 0. The van der Waals surface area contributed by atoms with Crippen LogP contribution in [-0.2, 0) is 21.3 Å². The van der Waals surface area contributed by atoms with Gasteiger partial charge in [0.15, 0.2) is 0 Å². The van der Waals surface area contributed by atoms with Crippen LogP contribution in [0.1, 0.15) is 26.3 Å². The Kier molecular flexibility index (Phi) is 5.76. The first-order chi connectivity index (χ1) is 12.0. The van der Waals surface area contributed by atoms with E-state index in [0.29, 0.717) is 11.4 Å². The highest BCUT2D eigenvalue weighted by atomic mass is 32.2. The number of carbonyl (C=O) groups is 1. The van der Waals surface area contributed by atoms with Crippen molar-refractivity contribution in [3.8, 4) is 0 Å². The van der Waals surface area contributed by atoms with E-state index in [9.17, 15) is 13.2 Å². The van der Waals surface area contributed by atoms with E-state index >= 15 is 0 Å². The molecule has 0 aliphatic carbocycles. The predicted octanol–water partition coefficient (Wildman–Crippen LogP) is 3.09. The molecule has 2 aromatic rings. The number of nitrogens with two attached hydrogens (primary N) is 1. The van der Waals surface area contributed by atoms with E-state index < -0.39 is 21.7 Å². The molecule has 140 valence electrons. The molecule has 7 nitrogen and oxygen atoms in total. The average Bonchev–Trinajstić information content (AvgIpc) is 2.53. The monoisotopic (exact) mass is 377 g/mol. The minimum absolute atomic E-state index is 0.127. The molecule has 0 fully saturated rings. The van der Waals surface area contributed by atoms with E-state index in [2.05, 4.69) is 10.0 Å². The average molecular weight is 377 g/mol. The zero-order valence-corrected chi connectivity index (χ0v) is 15.8. The number of sulfonamides is 1. The summed E-state index contributed by atoms with van der Waals surface area (Å²) in [5, 5.41) is 2.64. The van der Waals surface area contributed by atoms with Gasteiger partial charge in [0.1, 0.15) is 5.60 Å². The van der Waals surface area contributed by atoms with Crippen LogP contribution >= 0.6 is 0 Å². The zero-order valence-electron chi connectivity index (χ0n) is 14.9. The normalized spacial score (nSPS) is 11.7. The van der Waals surface area contributed by atoms with Gasteiger partial charge in [0, 0.05) is 17.9 Å². The van der Waals surface area contributed by atoms with E-state index in [1.807, 2.05) is 0 Å². The van der Waals surface area contributed by atoms with Crippen molar-refractivity contribution in [3.05, 3.63) is 54.1 Å². The Bertz CT molecular complexity index is 855. The molecule has 0 saturated carbocycles. The maximum atomic E-state index is 12.3. The molecule has 0 aromatic heterocycles. The van der Waals surface area contributed by atoms with Crippen LogP contribution in [0.3, 0.4) is 0 Å². The van der Waals surface area contributed by atoms with Gasteiger partial charge in [-0.05, 0) is 62.7 Å². The van der Waals surface area contributed by atoms with E-state index in [-0.39, 0.29) is 11.4 Å². The Balaban J connectivity index is 1.97. The molecule has 0 saturated heterocycles. The highest BCUT2D eigenvalue weighted by Crippen LogP contribution is 2.18. The second kappa shape index (κ2) is 7.65. The van der Waals surface area contributed by atoms with Gasteiger partial charge < -0.3 is 15.8 Å². The number of ether oxygens (including phenoxy) is 1. The molecular weight excluding hydrogens is 354 g/mol. The summed E-state index contributed by atoms with van der Waals surface area (Å²) in [5.74, 6) is 0. The first-order valence-electron chi connectivity index (χ1n) is 7.99. The standard InChI is InChI=1S/C18H23N3O4S/c1-18(2,3)25-17(22)20-12-13-4-8-15(9-5-13)21-26(23,24)16-10-6-14(19)7-11-16/h4-11,21H,12,19H2,1-3H3,(H,20,22). The molecule has 0 aliphatic rings. The summed E-state index contributed by atoms with van der Waals surface area (Å²) in [4.78, 5) is 11.8. The van der Waals surface area contributed by atoms with Crippen LogP contribution in [0.5, 0.6) is 0 Å². The number of hydrogen-bond donors (Lipinski definition) is 3. The third-order valence-corrected chi connectivity index (χ3v) is 4.63. The van der Waals surface area contributed by atoms with Gasteiger partial charge >= 0.3 is 6.09 Å². The minimum Gasteiger partial charge on any atom is -0.444 e. The molecule has 8 heteroatoms. The Labute approximate surface area is 153 Å². The molecule has 2 aromatic carbocycles. The van der Waals surface area contributed by atoms with Crippen LogP contribution < -0.4 is 15.8 Å². The molecule has 0 aliphatic heterocycles. The quantitative estimate of drug-likeness (QED) is 0.694. The third kappa shape index (κ3) is 5.96. The first-order valence-corrected chi connectivity index (χ1v) is 9.48. The second-order valence-electron chi connectivity index (χ2n) is 6.73. The Morgan fingerprint density at radius 2 is 1.62 bits per heavy atom. The van der Waals surface area contributed by atoms with Crippen molar-refractivity contribution in [1.82, 2.24) is 5.32 Å². The summed E-state index contributed by atoms with van der Waals surface area (Å²) < 4.78 is 32.3. The molecule has 0 spiro atoms. The van der Waals surface area contributed by atoms with E-state index in [1.54, 1.807) is 45.0 Å². The number of amides is 1. The van der Waals surface area contributed by atoms with E-state index in [0.717, 1.165) is 5.56 Å². The van der Waals surface area contributed by atoms with Crippen molar-refractivity contribution in [1.29, 1.82) is 0 Å². The number of alkyl carbamates (subject to hydrolysis) is 1. The summed E-state index contributed by atoms with van der Waals surface area (Å²) in [6.45, 7) is 5.64. The van der Waals surface area contributed by atoms with Gasteiger partial charge in [-0.25, -0.2) is 13.2 Å². The van der Waals surface area contributed by atoms with E-state index in [1.165, 1.54) is 24.3 Å². The smallest absolute Gasteiger partial charge is 0.407 e. The second-order valence-corrected chi connectivity index (χ2v) is 8.41. The highest BCUT2D eigenvalue weighted by molar-refractivity contribution is 7.92. The lowest BCUT2D eigenvalue weighted by molar-refractivity contribution is 0.0523. The molecule has 1 amide bonds. The molecule has 26 heavy (non-hydrogen) atoms. The Morgan fingerprint density at radius 3 is 2.15 bits per heavy atom. The van der Waals surface area contributed by atoms with Crippen molar-refractivity contribution < 1.29 is 17.9 Å². The highest BCUT2D eigenvalue weighted by Gasteiger charge is 2.16. The van der Waals surface area contributed by atoms with Gasteiger partial charge in [0.05, 0.1) is 4.90 Å². The summed E-state index contributed by atoms with van der Waals surface area (Å²) in [6, 6.07) is 12.6. The summed E-state index contributed by atoms with van der Waals surface area (Å²) in [5.41, 5.74) is 6.73. The fourth-order valence-corrected chi connectivity index (χ4v) is 3.10. The van der Waals surface area contributed by atoms with Crippen molar-refractivity contribution in [2.45, 2.75) is 37.8 Å². The van der Waals surface area contributed by atoms with Crippen LogP contribution in [0, 0.1) is 0 Å². The maximum Gasteiger partial charge on any atom is 0.407 e. The van der Waals surface area contributed by atoms with Gasteiger partial charge in [0.25, 0.3) is 10.0 Å². The number of rotatable bonds is 5. The summed E-state index contributed by atoms with van der Waals surface area (Å²) in [7, 11) is -3.68. The lowest BCUT2D eigenvalue weighted by atomic mass is 10.2. The van der Waals surface area contributed by atoms with Crippen molar-refractivity contribution in [2.75, 3.05) is 10.5 Å². The fourth-order valence-electron chi connectivity index (χ4n) is 2.04. The first kappa shape index (κ1) is 19.6. The maximum absolute atomic E-state index is 12.3. The van der Waals surface area contributed by atoms with Crippen molar-refractivity contribution in [2.24, 2.45) is 0 Å². The van der Waals surface area contributed by atoms with Crippen LogP contribution in [0.4, 0.5) is 16.2 Å². The lowest BCUT2D eigenvalue weighted by Crippen LogP contribution is -2.32. The largest absolute Gasteiger partial charge is 0.444 e. The predicted molar refractivity (Wildman–Crippen MR) is 101 cm³/mol. The van der Waals surface area contributed by atoms with Gasteiger partial charge in [0.2, 0.25) is 0 Å². The topological polar surface area (TPSA) is 111 Å². The number of benzene rings is 2. The minimum atomic E-state index is -3.68. The van der Waals surface area contributed by atoms with Gasteiger partial charge in [-0.2, -0.15) is 0 Å². The molecule has 0 radical (unpaired) electrons. The van der Waals surface area contributed by atoms with E-state index in [4.69, 9.17) is 10.5 Å². The Morgan fingerprint density at radius 1 is 1.04 bits per heavy atom. The number of nitrogens with one attached hydrogen (secondary N) is 2. The molecule has 4 N–H and O–H groups in total. The van der Waals surface area contributed by atoms with Crippen molar-refractivity contribution >= 4 is 27.5 Å². The molecule has 0 heterocycles. The van der Waals surface area contributed by atoms with Gasteiger partial charge in [-0.15, -0.1) is 0 Å².